The van der Waals surface area contributed by atoms with Crippen LogP contribution >= 0.6 is 0 Å². The Morgan fingerprint density at radius 1 is 1.26 bits per heavy atom. The van der Waals surface area contributed by atoms with Gasteiger partial charge in [0.1, 0.15) is 0 Å². The average Bonchev–Trinajstić information content (AvgIpc) is 3.14. The summed E-state index contributed by atoms with van der Waals surface area (Å²) in [6.45, 7) is 1.97. The van der Waals surface area contributed by atoms with Crippen LogP contribution in [0.1, 0.15) is 24.8 Å². The molecule has 0 aromatic heterocycles. The van der Waals surface area contributed by atoms with Crippen LogP contribution in [0.4, 0.5) is 0 Å². The van der Waals surface area contributed by atoms with Crippen LogP contribution in [-0.2, 0) is 16.0 Å². The lowest BCUT2D eigenvalue weighted by molar-refractivity contribution is -0.138. The summed E-state index contributed by atoms with van der Waals surface area (Å²) in [7, 11) is 0. The molecule has 8 heteroatoms. The molecule has 8 nitrogen and oxygen atoms in total. The van der Waals surface area contributed by atoms with Gasteiger partial charge in [-0.3, -0.25) is 14.6 Å². The lowest BCUT2D eigenvalue weighted by Crippen LogP contribution is -2.50. The molecule has 0 bridgehead atoms. The average molecular weight is 374 g/mol. The fourth-order valence-electron chi connectivity index (χ4n) is 3.28. The zero-order chi connectivity index (χ0) is 19.6. The van der Waals surface area contributed by atoms with Gasteiger partial charge in [0.15, 0.2) is 11.7 Å². The molecule has 0 spiro atoms. The topological polar surface area (TPSA) is 140 Å². The quantitative estimate of drug-likeness (QED) is 0.244. The standard InChI is InChI=1S/C19H30N6O2/c20-15(12-14-6-2-1-3-7-14)18(27)25-11-4-8-16(25)17(26)13-23-9-5-10-24-19(21)22/h1-3,6-7,15-16,23H,4-5,8-13,20H2,(H4,21,22,24)/t15-,16+/m1/s1. The lowest BCUT2D eigenvalue weighted by Gasteiger charge is -2.26. The second-order valence-electron chi connectivity index (χ2n) is 6.79. The molecule has 0 radical (unpaired) electrons. The third kappa shape index (κ3) is 6.65. The molecule has 1 amide bonds. The van der Waals surface area contributed by atoms with Crippen molar-refractivity contribution >= 4 is 17.6 Å². The van der Waals surface area contributed by atoms with E-state index in [0.717, 1.165) is 18.4 Å². The minimum absolute atomic E-state index is 0.0228. The molecule has 0 aliphatic carbocycles. The highest BCUT2D eigenvalue weighted by Crippen LogP contribution is 2.19. The summed E-state index contributed by atoms with van der Waals surface area (Å²) in [6.07, 6.45) is 2.73. The van der Waals surface area contributed by atoms with Gasteiger partial charge in [0.2, 0.25) is 5.91 Å². The van der Waals surface area contributed by atoms with Gasteiger partial charge in [-0.1, -0.05) is 30.3 Å². The van der Waals surface area contributed by atoms with E-state index in [2.05, 4.69) is 10.3 Å². The summed E-state index contributed by atoms with van der Waals surface area (Å²) in [5.41, 5.74) is 17.7. The van der Waals surface area contributed by atoms with Crippen LogP contribution in [0.25, 0.3) is 0 Å². The van der Waals surface area contributed by atoms with Crippen LogP contribution in [-0.4, -0.2) is 60.8 Å². The number of amides is 1. The Hall–Kier alpha value is -2.45. The molecule has 1 heterocycles. The molecule has 0 saturated carbocycles. The van der Waals surface area contributed by atoms with E-state index in [-0.39, 0.29) is 30.2 Å². The van der Waals surface area contributed by atoms with Crippen molar-refractivity contribution in [3.63, 3.8) is 0 Å². The molecule has 1 saturated heterocycles. The zero-order valence-electron chi connectivity index (χ0n) is 15.6. The highest BCUT2D eigenvalue weighted by atomic mass is 16.2. The first-order valence-electron chi connectivity index (χ1n) is 9.38. The number of nitrogens with two attached hydrogens (primary N) is 3. The number of aliphatic imine (C=N–C) groups is 1. The molecule has 27 heavy (non-hydrogen) atoms. The third-order valence-corrected chi connectivity index (χ3v) is 4.63. The second kappa shape index (κ2) is 10.6. The van der Waals surface area contributed by atoms with Gasteiger partial charge < -0.3 is 27.4 Å². The van der Waals surface area contributed by atoms with Crippen molar-refractivity contribution in [1.29, 1.82) is 0 Å². The zero-order valence-corrected chi connectivity index (χ0v) is 15.6. The number of Topliss-reactive ketones (excluding diaryl/α,β-unsaturated/α-hetero) is 1. The minimum Gasteiger partial charge on any atom is -0.370 e. The van der Waals surface area contributed by atoms with Crippen molar-refractivity contribution in [1.82, 2.24) is 10.2 Å². The van der Waals surface area contributed by atoms with Crippen molar-refractivity contribution in [2.45, 2.75) is 37.8 Å². The first-order valence-corrected chi connectivity index (χ1v) is 9.38. The lowest BCUT2D eigenvalue weighted by atomic mass is 10.0. The van der Waals surface area contributed by atoms with Gasteiger partial charge in [-0.25, -0.2) is 0 Å². The molecule has 2 atom stereocenters. The monoisotopic (exact) mass is 374 g/mol. The van der Waals surface area contributed by atoms with E-state index in [1.165, 1.54) is 0 Å². The SMILES string of the molecule is NC(N)=NCCCNCC(=O)[C@@H]1CCCN1C(=O)[C@H](N)Cc1ccccc1. The normalized spacial score (nSPS) is 17.5. The van der Waals surface area contributed by atoms with Crippen LogP contribution in [0.3, 0.4) is 0 Å². The highest BCUT2D eigenvalue weighted by Gasteiger charge is 2.35. The number of carbonyl (C=O) groups excluding carboxylic acids is 2. The summed E-state index contributed by atoms with van der Waals surface area (Å²) >= 11 is 0. The van der Waals surface area contributed by atoms with E-state index in [9.17, 15) is 9.59 Å². The number of ketones is 1. The molecular weight excluding hydrogens is 344 g/mol. The Morgan fingerprint density at radius 3 is 2.70 bits per heavy atom. The van der Waals surface area contributed by atoms with Crippen molar-refractivity contribution in [2.24, 2.45) is 22.2 Å². The summed E-state index contributed by atoms with van der Waals surface area (Å²) in [5.74, 6) is -0.0601. The van der Waals surface area contributed by atoms with Crippen LogP contribution in [0, 0.1) is 0 Å². The molecule has 1 aromatic carbocycles. The highest BCUT2D eigenvalue weighted by molar-refractivity contribution is 5.92. The first-order chi connectivity index (χ1) is 13.0. The summed E-state index contributed by atoms with van der Waals surface area (Å²) in [6, 6.07) is 8.66. The molecule has 1 aliphatic rings. The second-order valence-corrected chi connectivity index (χ2v) is 6.79. The predicted octanol–water partition coefficient (Wildman–Crippen LogP) is -0.630. The van der Waals surface area contributed by atoms with E-state index in [1.807, 2.05) is 30.3 Å². The number of benzene rings is 1. The maximum absolute atomic E-state index is 12.7. The fraction of sp³-hybridized carbons (Fsp3) is 0.526. The van der Waals surface area contributed by atoms with Crippen LogP contribution in [0.5, 0.6) is 0 Å². The summed E-state index contributed by atoms with van der Waals surface area (Å²) in [4.78, 5) is 30.8. The van der Waals surface area contributed by atoms with Crippen molar-refractivity contribution in [3.8, 4) is 0 Å². The van der Waals surface area contributed by atoms with E-state index in [4.69, 9.17) is 17.2 Å². The molecule has 7 N–H and O–H groups in total. The van der Waals surface area contributed by atoms with Gasteiger partial charge in [-0.15, -0.1) is 0 Å². The van der Waals surface area contributed by atoms with E-state index in [0.29, 0.717) is 32.5 Å². The number of hydrogen-bond acceptors (Lipinski definition) is 5. The Labute approximate surface area is 160 Å². The maximum Gasteiger partial charge on any atom is 0.240 e. The molecule has 2 rings (SSSR count). The third-order valence-electron chi connectivity index (χ3n) is 4.63. The Morgan fingerprint density at radius 2 is 2.00 bits per heavy atom. The number of hydrogen-bond donors (Lipinski definition) is 4. The summed E-state index contributed by atoms with van der Waals surface area (Å²) < 4.78 is 0. The van der Waals surface area contributed by atoms with Gasteiger partial charge in [-0.05, 0) is 37.8 Å². The van der Waals surface area contributed by atoms with Crippen LogP contribution in [0.2, 0.25) is 0 Å². The molecule has 148 valence electrons. The molecule has 0 unspecified atom stereocenters. The molecule has 1 aromatic rings. The number of likely N-dealkylation sites (tertiary alicyclic amines) is 1. The number of guanidine groups is 1. The van der Waals surface area contributed by atoms with Gasteiger partial charge in [0.05, 0.1) is 18.6 Å². The van der Waals surface area contributed by atoms with Crippen molar-refractivity contribution in [3.05, 3.63) is 35.9 Å². The smallest absolute Gasteiger partial charge is 0.240 e. The van der Waals surface area contributed by atoms with Crippen molar-refractivity contribution in [2.75, 3.05) is 26.2 Å². The van der Waals surface area contributed by atoms with E-state index in [1.54, 1.807) is 4.90 Å². The first kappa shape index (κ1) is 20.9. The Balaban J connectivity index is 1.79. The number of carbonyl (C=O) groups is 2. The van der Waals surface area contributed by atoms with E-state index < -0.39 is 6.04 Å². The van der Waals surface area contributed by atoms with Gasteiger partial charge >= 0.3 is 0 Å². The Kier molecular flexibility index (Phi) is 8.22. The predicted molar refractivity (Wildman–Crippen MR) is 106 cm³/mol. The number of nitrogens with zero attached hydrogens (tertiary/aromatic N) is 2. The molecule has 1 fully saturated rings. The van der Waals surface area contributed by atoms with Crippen LogP contribution < -0.4 is 22.5 Å². The summed E-state index contributed by atoms with van der Waals surface area (Å²) in [5, 5.41) is 3.09. The number of rotatable bonds is 10. The molecular formula is C19H30N6O2. The fourth-order valence-corrected chi connectivity index (χ4v) is 3.28. The Bertz CT molecular complexity index is 645. The van der Waals surface area contributed by atoms with Crippen LogP contribution in [0.15, 0.2) is 35.3 Å². The largest absolute Gasteiger partial charge is 0.370 e. The minimum atomic E-state index is -0.631. The van der Waals surface area contributed by atoms with Crippen molar-refractivity contribution < 1.29 is 9.59 Å². The van der Waals surface area contributed by atoms with Gasteiger partial charge in [-0.2, -0.15) is 0 Å². The maximum atomic E-state index is 12.7. The van der Waals surface area contributed by atoms with E-state index >= 15 is 0 Å². The van der Waals surface area contributed by atoms with Gasteiger partial charge in [0.25, 0.3) is 0 Å². The van der Waals surface area contributed by atoms with Gasteiger partial charge in [0, 0.05) is 13.1 Å². The molecule has 1 aliphatic heterocycles. The number of nitrogens with one attached hydrogen (secondary N) is 1.